The Labute approximate surface area is 153 Å². The second-order valence-electron chi connectivity index (χ2n) is 7.60. The van der Waals surface area contributed by atoms with E-state index in [0.717, 1.165) is 30.8 Å². The van der Waals surface area contributed by atoms with Crippen molar-refractivity contribution in [2.24, 2.45) is 34.5 Å². The van der Waals surface area contributed by atoms with Gasteiger partial charge in [-0.25, -0.2) is 0 Å². The average Bonchev–Trinajstić information content (AvgIpc) is 3.12. The molecule has 136 valence electrons. The van der Waals surface area contributed by atoms with Crippen LogP contribution in [0.15, 0.2) is 0 Å². The molecule has 0 aromatic rings. The molecular weight excluding hydrogens is 456 g/mol. The molecule has 4 heteroatoms. The van der Waals surface area contributed by atoms with Crippen molar-refractivity contribution in [3.05, 3.63) is 7.43 Å². The van der Waals surface area contributed by atoms with Gasteiger partial charge in [0.15, 0.2) is 0 Å². The minimum absolute atomic E-state index is 0. The second-order valence-corrected chi connectivity index (χ2v) is 7.60. The Bertz CT molecular complexity index is 220. The van der Waals surface area contributed by atoms with Gasteiger partial charge in [-0.2, -0.15) is 0 Å². The smallest absolute Gasteiger partial charge is 0.545 e. The van der Waals surface area contributed by atoms with Gasteiger partial charge in [0.1, 0.15) is 0 Å². The summed E-state index contributed by atoms with van der Waals surface area (Å²) < 4.78 is 0. The van der Waals surface area contributed by atoms with Crippen LogP contribution < -0.4 is 0 Å². The van der Waals surface area contributed by atoms with Gasteiger partial charge in [-0.1, -0.05) is 55.4 Å². The summed E-state index contributed by atoms with van der Waals surface area (Å²) in [5, 5.41) is 7.00. The van der Waals surface area contributed by atoms with Crippen LogP contribution in [-0.2, 0) is 29.7 Å². The first kappa shape index (κ1) is 33.5. The van der Waals surface area contributed by atoms with Gasteiger partial charge < -0.3 is 22.1 Å². The minimum Gasteiger partial charge on any atom is -0.545 e. The topological polar surface area (TPSA) is 54.4 Å². The van der Waals surface area contributed by atoms with Crippen LogP contribution >= 0.6 is 0 Å². The Hall–Kier alpha value is -0.0506. The fraction of sp³-hybridized carbons (Fsp3) is 0.833. The fourth-order valence-corrected chi connectivity index (χ4v) is 3.40. The maximum absolute atomic E-state index is 7.75. The molecule has 1 N–H and O–H groups in total. The fourth-order valence-electron chi connectivity index (χ4n) is 3.40. The van der Waals surface area contributed by atoms with E-state index in [9.17, 15) is 0 Å². The first-order chi connectivity index (χ1) is 9.07. The molecule has 0 spiro atoms. The quantitative estimate of drug-likeness (QED) is 0.442. The predicted octanol–water partition coefficient (Wildman–Crippen LogP) is 4.10. The summed E-state index contributed by atoms with van der Waals surface area (Å²) in [7, 11) is 1.00. The van der Waals surface area contributed by atoms with Crippen molar-refractivity contribution in [2.45, 2.75) is 55.4 Å². The maximum Gasteiger partial charge on any atom is 3.00 e. The zero-order valence-electron chi connectivity index (χ0n) is 16.1. The summed E-state index contributed by atoms with van der Waals surface area (Å²) in [4.78, 5) is 15.5. The predicted molar refractivity (Wildman–Crippen MR) is 92.3 cm³/mol. The minimum atomic E-state index is 0. The van der Waals surface area contributed by atoms with Gasteiger partial charge in [-0.3, -0.25) is 13.6 Å². The van der Waals surface area contributed by atoms with Gasteiger partial charge in [0.05, 0.1) is 0 Å². The Kier molecular flexibility index (Phi) is 22.2. The monoisotopic (exact) mass is 494 g/mol. The summed E-state index contributed by atoms with van der Waals surface area (Å²) in [6.07, 6.45) is 0. The molecule has 0 aromatic heterocycles. The maximum atomic E-state index is 7.75. The normalized spacial score (nSPS) is 22.0. The Morgan fingerprint density at radius 2 is 0.955 bits per heavy atom. The van der Waals surface area contributed by atoms with Gasteiger partial charge in [0, 0.05) is 7.11 Å². The van der Waals surface area contributed by atoms with E-state index in [4.69, 9.17) is 14.7 Å². The van der Waals surface area contributed by atoms with Crippen LogP contribution in [0.4, 0.5) is 0 Å². The van der Waals surface area contributed by atoms with E-state index >= 15 is 0 Å². The molecule has 0 saturated heterocycles. The second kappa shape index (κ2) is 14.5. The molecular formula is C18H37IrO3. The molecule has 2 unspecified atom stereocenters. The van der Waals surface area contributed by atoms with E-state index < -0.39 is 0 Å². The van der Waals surface area contributed by atoms with Gasteiger partial charge in [0.2, 0.25) is 0 Å². The zero-order valence-corrected chi connectivity index (χ0v) is 18.5. The number of aliphatic hydroxyl groups is 1. The van der Waals surface area contributed by atoms with Gasteiger partial charge in [-0.05, 0) is 34.5 Å². The zero-order chi connectivity index (χ0) is 17.3. The van der Waals surface area contributed by atoms with Gasteiger partial charge in [0.25, 0.3) is 0 Å². The van der Waals surface area contributed by atoms with E-state index in [1.54, 1.807) is 0 Å². The standard InChI is InChI=1S/C14H28.CH4O.2CHO.CH3.Ir/c1-9(2)10-11(13(3,4)5)12(10)14(6,7)8;3*1-2;;/h9-12H,1-8H3;2H,1H3;2*1H;1H3;/q;;3*-1;+3. The van der Waals surface area contributed by atoms with Crippen molar-refractivity contribution < 1.29 is 34.8 Å². The number of hydrogen-bond donors (Lipinski definition) is 1. The Morgan fingerprint density at radius 3 is 1.00 bits per heavy atom. The average molecular weight is 494 g/mol. The van der Waals surface area contributed by atoms with Crippen molar-refractivity contribution in [3.63, 3.8) is 0 Å². The Balaban J connectivity index is -0.000000108. The molecule has 1 aliphatic rings. The van der Waals surface area contributed by atoms with Gasteiger partial charge in [-0.15, -0.1) is 0 Å². The summed E-state index contributed by atoms with van der Waals surface area (Å²) in [5.74, 6) is 3.67. The third-order valence-corrected chi connectivity index (χ3v) is 3.85. The van der Waals surface area contributed by atoms with E-state index in [1.165, 1.54) is 0 Å². The van der Waals surface area contributed by atoms with E-state index in [-0.39, 0.29) is 27.5 Å². The molecule has 1 saturated carbocycles. The molecule has 1 rings (SSSR count). The van der Waals surface area contributed by atoms with Crippen LogP contribution in [0.1, 0.15) is 55.4 Å². The van der Waals surface area contributed by atoms with E-state index in [1.807, 2.05) is 0 Å². The number of rotatable bonds is 1. The SMILES string of the molecule is CC(C)C1C(C(C)(C)C)C1C(C)(C)C.CO.[CH-]=O.[CH-]=O.[CH3-].[Ir+3]. The number of aliphatic hydroxyl groups excluding tert-OH is 1. The molecule has 0 bridgehead atoms. The third kappa shape index (κ3) is 10.6. The van der Waals surface area contributed by atoms with E-state index in [2.05, 4.69) is 69.0 Å². The summed E-state index contributed by atoms with van der Waals surface area (Å²) in [6, 6.07) is 0. The van der Waals surface area contributed by atoms with Crippen molar-refractivity contribution in [1.29, 1.82) is 0 Å². The van der Waals surface area contributed by atoms with Crippen LogP contribution in [0.2, 0.25) is 0 Å². The molecule has 3 nitrogen and oxygen atoms in total. The molecule has 0 heterocycles. The summed E-state index contributed by atoms with van der Waals surface area (Å²) >= 11 is 0. The summed E-state index contributed by atoms with van der Waals surface area (Å²) in [6.45, 7) is 25.7. The van der Waals surface area contributed by atoms with Crippen LogP contribution in [0.5, 0.6) is 0 Å². The molecule has 0 aliphatic heterocycles. The van der Waals surface area contributed by atoms with Crippen molar-refractivity contribution >= 4 is 13.6 Å². The molecule has 0 aromatic carbocycles. The molecule has 22 heavy (non-hydrogen) atoms. The van der Waals surface area contributed by atoms with E-state index in [0.29, 0.717) is 10.8 Å². The Morgan fingerprint density at radius 1 is 0.773 bits per heavy atom. The number of hydrogen-bond acceptors (Lipinski definition) is 3. The number of carbonyl (C=O) groups excluding carboxylic acids is 2. The molecule has 0 amide bonds. The molecule has 1 fully saturated rings. The molecule has 0 radical (unpaired) electrons. The van der Waals surface area contributed by atoms with Crippen molar-refractivity contribution in [1.82, 2.24) is 0 Å². The van der Waals surface area contributed by atoms with Crippen molar-refractivity contribution in [2.75, 3.05) is 7.11 Å². The van der Waals surface area contributed by atoms with Crippen LogP contribution in [-0.4, -0.2) is 25.8 Å². The van der Waals surface area contributed by atoms with Gasteiger partial charge >= 0.3 is 20.1 Å². The van der Waals surface area contributed by atoms with Crippen LogP contribution in [0.25, 0.3) is 0 Å². The third-order valence-electron chi connectivity index (χ3n) is 3.85. The molecule has 2 atom stereocenters. The first-order valence-corrected chi connectivity index (χ1v) is 6.98. The van der Waals surface area contributed by atoms with Crippen molar-refractivity contribution in [3.8, 4) is 0 Å². The van der Waals surface area contributed by atoms with Crippen LogP contribution in [0, 0.1) is 41.9 Å². The van der Waals surface area contributed by atoms with Crippen LogP contribution in [0.3, 0.4) is 0 Å². The first-order valence-electron chi connectivity index (χ1n) is 6.98. The summed E-state index contributed by atoms with van der Waals surface area (Å²) in [5.41, 5.74) is 0.986. The molecule has 1 aliphatic carbocycles. The largest absolute Gasteiger partial charge is 3.00 e.